The molecule has 0 bridgehead atoms. The second-order valence-corrected chi connectivity index (χ2v) is 43.0. The van der Waals surface area contributed by atoms with Crippen molar-refractivity contribution in [1.82, 2.24) is 0 Å². The van der Waals surface area contributed by atoms with Crippen LogP contribution in [0, 0.1) is 0 Å². The van der Waals surface area contributed by atoms with Crippen LogP contribution in [-0.4, -0.2) is 52.4 Å². The summed E-state index contributed by atoms with van der Waals surface area (Å²) in [4.78, 5) is 68.9. The second-order valence-electron chi connectivity index (χ2n) is 43.0. The molecule has 12 nitrogen and oxygen atoms in total. The van der Waals surface area contributed by atoms with Crippen molar-refractivity contribution in [2.75, 3.05) is 72.0 Å². The van der Waals surface area contributed by atoms with Crippen molar-refractivity contribution in [3.63, 3.8) is 0 Å². The summed E-state index contributed by atoms with van der Waals surface area (Å²) in [6.07, 6.45) is 8.08. The van der Waals surface area contributed by atoms with Crippen LogP contribution >= 0.6 is 0 Å². The lowest BCUT2D eigenvalue weighted by Gasteiger charge is -2.48. The van der Waals surface area contributed by atoms with Crippen LogP contribution in [0.15, 0.2) is 219 Å². The molecule has 12 heterocycles. The highest BCUT2D eigenvalue weighted by atomic mass is 16.4. The molecule has 10 aromatic carbocycles. The van der Waals surface area contributed by atoms with Gasteiger partial charge in [0.15, 0.2) is 0 Å². The minimum atomic E-state index is -0.362. The first-order chi connectivity index (χ1) is 58.9. The minimum absolute atomic E-state index is 0.0546. The predicted octanol–water partition coefficient (Wildman–Crippen LogP) is 25.8. The van der Waals surface area contributed by atoms with Gasteiger partial charge >= 0.3 is 22.5 Å². The van der Waals surface area contributed by atoms with Crippen molar-refractivity contribution in [3.05, 3.63) is 268 Å². The zero-order valence-electron chi connectivity index (χ0n) is 74.7. The van der Waals surface area contributed by atoms with Gasteiger partial charge in [0.05, 0.1) is 22.3 Å². The summed E-state index contributed by atoms with van der Waals surface area (Å²) < 4.78 is 26.3. The Balaban J connectivity index is 0.691. The molecule has 0 radical (unpaired) electrons. The van der Waals surface area contributed by atoms with Crippen LogP contribution in [0.2, 0.25) is 0 Å². The number of rotatable bonds is 9. The van der Waals surface area contributed by atoms with E-state index in [1.165, 1.54) is 45.0 Å². The Hall–Kier alpha value is -11.8. The minimum Gasteiger partial charge on any atom is -0.422 e. The van der Waals surface area contributed by atoms with Gasteiger partial charge in [-0.15, -0.1) is 0 Å². The fourth-order valence-electron chi connectivity index (χ4n) is 23.0. The van der Waals surface area contributed by atoms with Crippen LogP contribution in [0.5, 0.6) is 0 Å². The Labute approximate surface area is 725 Å². The summed E-state index contributed by atoms with van der Waals surface area (Å²) >= 11 is 0. The Morgan fingerprint density at radius 1 is 0.202 bits per heavy atom. The molecule has 124 heavy (non-hydrogen) atoms. The van der Waals surface area contributed by atoms with Gasteiger partial charge in [-0.1, -0.05) is 208 Å². The molecule has 0 amide bonds. The SMILES string of the molecule is CC1(C)CCN2CCC(C)(C)c3c2c1cc1cc(-c2ccc(-c4cc(-c5ccc(-c6cc7cc8c9c(c7oc6=O)C(C)(C)CCN9CCC8(C)C)cc5)cc(-c5cc(-c6ccc(-c7cc8cc9c%10c(c8oc7=O)C(C)(C)CCN%10CCC9(C)C)cc6)cc(-c6ccc(-c7cc8cc9c%10c(c8oc7=O)C(C)(C)CCN%10CCC9(C)C)cc6)c5)c4)cc2)c(=O)oc31. The molecule has 8 aliphatic heterocycles. The maximum atomic E-state index is 14.7. The summed E-state index contributed by atoms with van der Waals surface area (Å²) in [7, 11) is 0. The molecule has 0 N–H and O–H groups in total. The van der Waals surface area contributed by atoms with Gasteiger partial charge in [0.25, 0.3) is 0 Å². The van der Waals surface area contributed by atoms with Crippen molar-refractivity contribution >= 4 is 66.6 Å². The topological polar surface area (TPSA) is 134 Å². The van der Waals surface area contributed by atoms with Gasteiger partial charge in [-0.25, -0.2) is 19.2 Å². The third-order valence-electron chi connectivity index (χ3n) is 31.2. The molecule has 0 aliphatic carbocycles. The average Bonchev–Trinajstić information content (AvgIpc) is 0.723. The third-order valence-corrected chi connectivity index (χ3v) is 31.2. The van der Waals surface area contributed by atoms with Gasteiger partial charge in [-0.3, -0.25) is 0 Å². The van der Waals surface area contributed by atoms with E-state index in [9.17, 15) is 19.2 Å². The predicted molar refractivity (Wildman–Crippen MR) is 510 cm³/mol. The van der Waals surface area contributed by atoms with E-state index >= 15 is 0 Å². The van der Waals surface area contributed by atoms with Gasteiger partial charge in [-0.2, -0.15) is 0 Å². The summed E-state index contributed by atoms with van der Waals surface area (Å²) in [5, 5.41) is 3.77. The fraction of sp³-hybridized carbons (Fsp3) is 0.357. The van der Waals surface area contributed by atoms with Crippen molar-refractivity contribution in [3.8, 4) is 100 Å². The highest BCUT2D eigenvalue weighted by Crippen LogP contribution is 2.58. The number of fused-ring (bicyclic) bond motifs is 8. The maximum Gasteiger partial charge on any atom is 0.344 e. The second kappa shape index (κ2) is 26.9. The zero-order chi connectivity index (χ0) is 85.9. The lowest BCUT2D eigenvalue weighted by Crippen LogP contribution is -2.44. The lowest BCUT2D eigenvalue weighted by atomic mass is 9.69. The third kappa shape index (κ3) is 12.2. The molecular formula is C112H110N4O8. The van der Waals surface area contributed by atoms with Crippen LogP contribution in [0.3, 0.4) is 0 Å². The standard InChI is InChI=1S/C112H110N4O8/c1-105(2)33-41-113-45-37-109(9,10)89-93(113)85(105)59-77-55-81(101(117)121-97(77)89)67-25-17-63(18-26-67)71-49-72(64-19-27-68(28-20-64)82-56-78-60-86-94-90(98(78)122-102(82)118)110(11,12)38-46-114(94)42-34-106(86,3)4)52-75(51-71)76-53-73(65-21-29-69(30-22-65)83-57-79-61-87-95-91(99(79)123-103(83)119)111(13,14)39-47-115(95)43-35-107(87,5)6)50-74(54-76)66-23-31-70(32-24-66)84-58-80-62-88-96-92(100(80)124-104(84)120)112(15,16)40-48-116(96)44-36-108(88,7)8/h17-32,49-62H,33-48H2,1-16H3. The summed E-state index contributed by atoms with van der Waals surface area (Å²) in [6, 6.07) is 64.3. The number of anilines is 4. The quantitative estimate of drug-likeness (QED) is 0.127. The molecule has 8 aliphatic rings. The molecule has 14 aromatic rings. The molecule has 0 atom stereocenters. The summed E-state index contributed by atoms with van der Waals surface area (Å²) in [5.74, 6) is 0. The van der Waals surface area contributed by atoms with E-state index < -0.39 is 0 Å². The fourth-order valence-corrected chi connectivity index (χ4v) is 23.0. The smallest absolute Gasteiger partial charge is 0.344 e. The van der Waals surface area contributed by atoms with E-state index in [0.29, 0.717) is 44.6 Å². The number of benzene rings is 10. The maximum absolute atomic E-state index is 14.7. The van der Waals surface area contributed by atoms with E-state index in [2.05, 4.69) is 312 Å². The highest BCUT2D eigenvalue weighted by Gasteiger charge is 2.48. The van der Waals surface area contributed by atoms with E-state index in [1.54, 1.807) is 0 Å². The van der Waals surface area contributed by atoms with E-state index in [0.717, 1.165) is 225 Å². The molecule has 626 valence electrons. The van der Waals surface area contributed by atoms with E-state index in [4.69, 9.17) is 17.7 Å². The van der Waals surface area contributed by atoms with Crippen LogP contribution in [0.25, 0.3) is 144 Å². The Morgan fingerprint density at radius 2 is 0.363 bits per heavy atom. The van der Waals surface area contributed by atoms with E-state index in [1.807, 2.05) is 0 Å². The largest absolute Gasteiger partial charge is 0.422 e. The molecule has 4 aromatic heterocycles. The molecule has 0 saturated heterocycles. The molecule has 0 fully saturated rings. The Bertz CT molecular complexity index is 6360. The number of hydrogen-bond donors (Lipinski definition) is 0. The average molecular weight is 1640 g/mol. The van der Waals surface area contributed by atoms with Gasteiger partial charge in [0, 0.05) is 119 Å². The Morgan fingerprint density at radius 3 is 0.548 bits per heavy atom. The van der Waals surface area contributed by atoms with Crippen LogP contribution in [-0.2, 0) is 43.3 Å². The first kappa shape index (κ1) is 78.2. The van der Waals surface area contributed by atoms with Crippen molar-refractivity contribution in [2.24, 2.45) is 0 Å². The molecule has 22 rings (SSSR count). The first-order valence-electron chi connectivity index (χ1n) is 45.3. The summed E-state index contributed by atoms with van der Waals surface area (Å²) in [6.45, 7) is 44.9. The first-order valence-corrected chi connectivity index (χ1v) is 45.3. The Kier molecular flexibility index (Phi) is 17.0. The molecule has 0 saturated carbocycles. The summed E-state index contributed by atoms with van der Waals surface area (Å²) in [5.41, 5.74) is 29.7. The van der Waals surface area contributed by atoms with Crippen molar-refractivity contribution in [2.45, 2.75) is 205 Å². The van der Waals surface area contributed by atoms with Crippen LogP contribution < -0.4 is 42.1 Å². The lowest BCUT2D eigenvalue weighted by molar-refractivity contribution is 0.398. The van der Waals surface area contributed by atoms with Crippen molar-refractivity contribution < 1.29 is 17.7 Å². The molecule has 0 spiro atoms. The van der Waals surface area contributed by atoms with Gasteiger partial charge in [-0.05, 0) is 280 Å². The highest BCUT2D eigenvalue weighted by molar-refractivity contribution is 5.98. The monoisotopic (exact) mass is 1640 g/mol. The van der Waals surface area contributed by atoms with Crippen LogP contribution in [0.1, 0.15) is 207 Å². The van der Waals surface area contributed by atoms with Gasteiger partial charge < -0.3 is 37.3 Å². The number of nitrogens with zero attached hydrogens (tertiary/aromatic N) is 4. The molecule has 0 unspecified atom stereocenters. The normalized spacial score (nSPS) is 19.2. The number of hydrogen-bond acceptors (Lipinski definition) is 12. The van der Waals surface area contributed by atoms with Gasteiger partial charge in [0.2, 0.25) is 0 Å². The van der Waals surface area contributed by atoms with Crippen molar-refractivity contribution in [1.29, 1.82) is 0 Å². The molecule has 12 heteroatoms. The van der Waals surface area contributed by atoms with Crippen LogP contribution in [0.4, 0.5) is 22.7 Å². The zero-order valence-corrected chi connectivity index (χ0v) is 74.7. The molecular weight excluding hydrogens is 1530 g/mol. The van der Waals surface area contributed by atoms with Gasteiger partial charge in [0.1, 0.15) is 22.3 Å². The van der Waals surface area contributed by atoms with E-state index in [-0.39, 0.29) is 65.8 Å².